The van der Waals surface area contributed by atoms with Gasteiger partial charge >= 0.3 is 6.03 Å². The Kier molecular flexibility index (Phi) is 6.03. The Bertz CT molecular complexity index is 1330. The summed E-state index contributed by atoms with van der Waals surface area (Å²) < 4.78 is 24.2. The molecule has 0 saturated heterocycles. The summed E-state index contributed by atoms with van der Waals surface area (Å²) in [7, 11) is 1.45. The van der Waals surface area contributed by atoms with Gasteiger partial charge in [0.2, 0.25) is 0 Å². The molecule has 0 fully saturated rings. The number of hydrogen-bond donors (Lipinski definition) is 3. The number of halogens is 1. The summed E-state index contributed by atoms with van der Waals surface area (Å²) in [6, 6.07) is 16.7. The highest BCUT2D eigenvalue weighted by molar-refractivity contribution is 6.08. The van der Waals surface area contributed by atoms with Crippen LogP contribution in [0, 0.1) is 5.82 Å². The summed E-state index contributed by atoms with van der Waals surface area (Å²) in [6.07, 6.45) is 1.51. The summed E-state index contributed by atoms with van der Waals surface area (Å²) in [5.74, 6) is 0.261. The zero-order valence-corrected chi connectivity index (χ0v) is 17.5. The normalized spacial score (nSPS) is 10.5. The van der Waals surface area contributed by atoms with Crippen molar-refractivity contribution < 1.29 is 23.5 Å². The topological polar surface area (TPSA) is 116 Å². The number of rotatable bonds is 6. The quantitative estimate of drug-likeness (QED) is 0.389. The van der Waals surface area contributed by atoms with E-state index >= 15 is 0 Å². The Morgan fingerprint density at radius 3 is 2.12 bits per heavy atom. The largest absolute Gasteiger partial charge is 0.496 e. The molecule has 166 valence electrons. The molecule has 0 saturated carbocycles. The lowest BCUT2D eigenvalue weighted by Crippen LogP contribution is -2.19. The molecule has 3 amide bonds. The van der Waals surface area contributed by atoms with Crippen LogP contribution in [0.25, 0.3) is 10.9 Å². The second-order valence-electron chi connectivity index (χ2n) is 6.92. The van der Waals surface area contributed by atoms with E-state index in [0.29, 0.717) is 39.5 Å². The summed E-state index contributed by atoms with van der Waals surface area (Å²) in [5, 5.41) is 5.89. The smallest absolute Gasteiger partial charge is 0.323 e. The highest BCUT2D eigenvalue weighted by Crippen LogP contribution is 2.34. The molecule has 0 aliphatic heterocycles. The van der Waals surface area contributed by atoms with E-state index in [-0.39, 0.29) is 11.4 Å². The Labute approximate surface area is 188 Å². The van der Waals surface area contributed by atoms with Crippen molar-refractivity contribution in [3.63, 3.8) is 0 Å². The SMILES string of the molecule is COc1ccc2c(Oc3ccc(NC(=O)Nc4ccc(F)cc4)cc3)ccnc2c1C(N)=O. The van der Waals surface area contributed by atoms with E-state index in [1.807, 2.05) is 0 Å². The number of benzene rings is 3. The van der Waals surface area contributed by atoms with Crippen LogP contribution in [0.4, 0.5) is 20.6 Å². The molecule has 0 atom stereocenters. The minimum atomic E-state index is -0.656. The number of hydrogen-bond acceptors (Lipinski definition) is 5. The molecule has 0 aliphatic rings. The van der Waals surface area contributed by atoms with E-state index in [1.54, 1.807) is 42.5 Å². The standard InChI is InChI=1S/C24H19FN4O4/c1-32-20-11-10-18-19(12-13-27-22(18)21(20)23(26)30)33-17-8-6-16(7-9-17)29-24(31)28-15-4-2-14(25)3-5-15/h2-13H,1H3,(H2,26,30)(H2,28,29,31). The van der Waals surface area contributed by atoms with Crippen LogP contribution in [0.3, 0.4) is 0 Å². The maximum Gasteiger partial charge on any atom is 0.323 e. The van der Waals surface area contributed by atoms with Gasteiger partial charge in [0.1, 0.15) is 28.6 Å². The third-order valence-electron chi connectivity index (χ3n) is 4.74. The number of methoxy groups -OCH3 is 1. The predicted molar refractivity (Wildman–Crippen MR) is 122 cm³/mol. The first-order chi connectivity index (χ1) is 15.9. The van der Waals surface area contributed by atoms with Gasteiger partial charge in [-0.3, -0.25) is 9.78 Å². The van der Waals surface area contributed by atoms with Gasteiger partial charge in [0.15, 0.2) is 0 Å². The number of carbonyl (C=O) groups is 2. The van der Waals surface area contributed by atoms with Crippen molar-refractivity contribution in [2.75, 3.05) is 17.7 Å². The first-order valence-electron chi connectivity index (χ1n) is 9.81. The fourth-order valence-electron chi connectivity index (χ4n) is 3.23. The van der Waals surface area contributed by atoms with Crippen LogP contribution >= 0.6 is 0 Å². The van der Waals surface area contributed by atoms with Crippen LogP contribution < -0.4 is 25.8 Å². The lowest BCUT2D eigenvalue weighted by atomic mass is 10.1. The van der Waals surface area contributed by atoms with Crippen LogP contribution in [0.1, 0.15) is 10.4 Å². The van der Waals surface area contributed by atoms with Gasteiger partial charge in [-0.1, -0.05) is 0 Å². The number of carbonyl (C=O) groups excluding carboxylic acids is 2. The highest BCUT2D eigenvalue weighted by atomic mass is 19.1. The molecule has 33 heavy (non-hydrogen) atoms. The monoisotopic (exact) mass is 446 g/mol. The average molecular weight is 446 g/mol. The van der Waals surface area contributed by atoms with Crippen molar-refractivity contribution in [2.24, 2.45) is 5.73 Å². The maximum atomic E-state index is 13.0. The number of fused-ring (bicyclic) bond motifs is 1. The van der Waals surface area contributed by atoms with Crippen LogP contribution in [0.2, 0.25) is 0 Å². The minimum absolute atomic E-state index is 0.173. The van der Waals surface area contributed by atoms with Crippen molar-refractivity contribution in [3.05, 3.63) is 84.3 Å². The molecule has 4 rings (SSSR count). The Morgan fingerprint density at radius 1 is 0.879 bits per heavy atom. The molecule has 9 heteroatoms. The average Bonchev–Trinajstić information content (AvgIpc) is 2.81. The van der Waals surface area contributed by atoms with Crippen molar-refractivity contribution >= 4 is 34.2 Å². The second-order valence-corrected chi connectivity index (χ2v) is 6.92. The first-order valence-corrected chi connectivity index (χ1v) is 9.81. The van der Waals surface area contributed by atoms with Crippen LogP contribution in [-0.4, -0.2) is 24.0 Å². The van der Waals surface area contributed by atoms with Crippen molar-refractivity contribution in [2.45, 2.75) is 0 Å². The van der Waals surface area contributed by atoms with Crippen molar-refractivity contribution in [1.29, 1.82) is 0 Å². The molecule has 4 N–H and O–H groups in total. The number of ether oxygens (including phenoxy) is 2. The van der Waals surface area contributed by atoms with Gasteiger partial charge in [-0.15, -0.1) is 0 Å². The number of primary amides is 1. The van der Waals surface area contributed by atoms with Gasteiger partial charge in [0, 0.05) is 23.0 Å². The summed E-state index contributed by atoms with van der Waals surface area (Å²) in [4.78, 5) is 28.3. The summed E-state index contributed by atoms with van der Waals surface area (Å²) in [6.45, 7) is 0. The van der Waals surface area contributed by atoms with Crippen LogP contribution in [-0.2, 0) is 0 Å². The molecular weight excluding hydrogens is 427 g/mol. The fourth-order valence-corrected chi connectivity index (χ4v) is 3.23. The number of amides is 3. The number of nitrogens with one attached hydrogen (secondary N) is 2. The molecule has 1 aromatic heterocycles. The molecule has 0 aliphatic carbocycles. The third kappa shape index (κ3) is 4.82. The third-order valence-corrected chi connectivity index (χ3v) is 4.74. The lowest BCUT2D eigenvalue weighted by molar-refractivity contribution is 0.0999. The fraction of sp³-hybridized carbons (Fsp3) is 0.0417. The lowest BCUT2D eigenvalue weighted by Gasteiger charge is -2.13. The van der Waals surface area contributed by atoms with Gasteiger partial charge in [0.25, 0.3) is 5.91 Å². The Hall–Kier alpha value is -4.66. The number of anilines is 2. The molecule has 0 unspecified atom stereocenters. The number of urea groups is 1. The zero-order valence-electron chi connectivity index (χ0n) is 17.5. The van der Waals surface area contributed by atoms with Gasteiger partial charge in [-0.05, 0) is 66.7 Å². The molecule has 1 heterocycles. The summed E-state index contributed by atoms with van der Waals surface area (Å²) >= 11 is 0. The van der Waals surface area contributed by atoms with E-state index in [1.165, 1.54) is 37.6 Å². The van der Waals surface area contributed by atoms with Crippen molar-refractivity contribution in [3.8, 4) is 17.2 Å². The molecule has 3 aromatic carbocycles. The predicted octanol–water partition coefficient (Wildman–Crippen LogP) is 4.92. The van der Waals surface area contributed by atoms with E-state index in [9.17, 15) is 14.0 Å². The highest BCUT2D eigenvalue weighted by Gasteiger charge is 2.17. The molecular formula is C24H19FN4O4. The number of nitrogens with zero attached hydrogens (tertiary/aromatic N) is 1. The number of pyridine rings is 1. The first kappa shape index (κ1) is 21.6. The second kappa shape index (κ2) is 9.23. The van der Waals surface area contributed by atoms with Crippen LogP contribution in [0.15, 0.2) is 72.9 Å². The van der Waals surface area contributed by atoms with E-state index in [0.717, 1.165) is 0 Å². The Balaban J connectivity index is 1.50. The van der Waals surface area contributed by atoms with Gasteiger partial charge in [-0.25, -0.2) is 9.18 Å². The van der Waals surface area contributed by atoms with Gasteiger partial charge in [0.05, 0.1) is 12.6 Å². The number of aromatic nitrogens is 1. The van der Waals surface area contributed by atoms with E-state index in [2.05, 4.69) is 15.6 Å². The molecule has 0 radical (unpaired) electrons. The van der Waals surface area contributed by atoms with E-state index in [4.69, 9.17) is 15.2 Å². The molecule has 0 bridgehead atoms. The minimum Gasteiger partial charge on any atom is -0.496 e. The van der Waals surface area contributed by atoms with Gasteiger partial charge in [-0.2, -0.15) is 0 Å². The van der Waals surface area contributed by atoms with Crippen LogP contribution in [0.5, 0.6) is 17.2 Å². The molecule has 0 spiro atoms. The van der Waals surface area contributed by atoms with Crippen molar-refractivity contribution in [1.82, 2.24) is 4.98 Å². The molecule has 4 aromatic rings. The summed E-state index contributed by atoms with van der Waals surface area (Å²) in [5.41, 5.74) is 7.05. The maximum absolute atomic E-state index is 13.0. The van der Waals surface area contributed by atoms with Gasteiger partial charge < -0.3 is 25.8 Å². The zero-order chi connectivity index (χ0) is 23.4. The number of nitrogens with two attached hydrogens (primary N) is 1. The molecule has 8 nitrogen and oxygen atoms in total. The van der Waals surface area contributed by atoms with E-state index < -0.39 is 11.9 Å². The Morgan fingerprint density at radius 2 is 1.52 bits per heavy atom.